The van der Waals surface area contributed by atoms with Crippen molar-refractivity contribution in [2.24, 2.45) is 0 Å². The van der Waals surface area contributed by atoms with Crippen molar-refractivity contribution in [2.45, 2.75) is 80.2 Å². The number of amides is 1. The van der Waals surface area contributed by atoms with Crippen LogP contribution in [0.1, 0.15) is 94.4 Å². The molecule has 1 aromatic carbocycles. The highest BCUT2D eigenvalue weighted by Gasteiger charge is 2.26. The monoisotopic (exact) mass is 559 g/mol. The first-order valence-corrected chi connectivity index (χ1v) is 15.3. The van der Waals surface area contributed by atoms with Gasteiger partial charge in [0.05, 0.1) is 17.6 Å². The second-order valence-electron chi connectivity index (χ2n) is 10.7. The van der Waals surface area contributed by atoms with Crippen LogP contribution in [-0.4, -0.2) is 60.5 Å². The summed E-state index contributed by atoms with van der Waals surface area (Å²) in [6, 6.07) is 10.5. The molecule has 1 aromatic heterocycles. The van der Waals surface area contributed by atoms with Crippen LogP contribution in [-0.2, 0) is 0 Å². The first-order valence-electron chi connectivity index (χ1n) is 15.3. The number of anilines is 1. The van der Waals surface area contributed by atoms with Gasteiger partial charge >= 0.3 is 0 Å². The molecule has 1 unspecified atom stereocenters. The lowest BCUT2D eigenvalue weighted by atomic mass is 9.85. The van der Waals surface area contributed by atoms with Crippen molar-refractivity contribution in [3.8, 4) is 0 Å². The number of hydrogen-bond acceptors (Lipinski definition) is 5. The van der Waals surface area contributed by atoms with Gasteiger partial charge in [-0.3, -0.25) is 14.7 Å². The Morgan fingerprint density at radius 2 is 1.76 bits per heavy atom. The number of allylic oxidation sites excluding steroid dienone is 4. The minimum absolute atomic E-state index is 0.0595. The lowest BCUT2D eigenvalue weighted by molar-refractivity contribution is 0.0827. The molecule has 6 heteroatoms. The van der Waals surface area contributed by atoms with Gasteiger partial charge in [-0.05, 0) is 94.9 Å². The summed E-state index contributed by atoms with van der Waals surface area (Å²) < 4.78 is 0. The smallest absolute Gasteiger partial charge is 0.253 e. The average Bonchev–Trinajstić information content (AvgIpc) is 3.00. The molecule has 4 rings (SSSR count). The fraction of sp³-hybridized carbons (Fsp3) is 0.486. The third-order valence-corrected chi connectivity index (χ3v) is 7.90. The number of rotatable bonds is 6. The number of carbonyl (C=O) groups is 1. The number of nitrogen functional groups attached to an aromatic ring is 1. The molecule has 3 N–H and O–H groups in total. The summed E-state index contributed by atoms with van der Waals surface area (Å²) in [5.41, 5.74) is 15.8. The molecule has 1 amide bonds. The highest BCUT2D eigenvalue weighted by Crippen LogP contribution is 2.33. The van der Waals surface area contributed by atoms with Crippen molar-refractivity contribution >= 4 is 17.2 Å². The lowest BCUT2D eigenvalue weighted by Crippen LogP contribution is -2.40. The number of carbonyl (C=O) groups excluding carboxylic acids is 1. The minimum atomic E-state index is 0.0595. The number of nitrogens with zero attached hydrogens (tertiary/aromatic N) is 3. The van der Waals surface area contributed by atoms with Gasteiger partial charge < -0.3 is 16.0 Å². The maximum absolute atomic E-state index is 12.3. The minimum Gasteiger partial charge on any atom is -0.397 e. The molecule has 0 bridgehead atoms. The number of hydrogen-bond donors (Lipinski definition) is 2. The standard InChI is InChI=1S/C31H41N5O.2C2H6/c1-20(18-29-22(3)33-14-11-28(29)30-10-8-26(32)19-34-30)23(4)36-15-12-24(13-16-36)27-9-7-25(17-21(27)2)31(37)35(5)6;2*1-2/h7-11,17-19,23-24,33H,12-16,32H2,1-6H3;2*1-2H3/b20-18+;;. The summed E-state index contributed by atoms with van der Waals surface area (Å²) in [4.78, 5) is 21.1. The van der Waals surface area contributed by atoms with E-state index >= 15 is 0 Å². The Labute approximate surface area is 249 Å². The molecule has 2 aromatic rings. The van der Waals surface area contributed by atoms with Crippen LogP contribution >= 0.6 is 0 Å². The number of aromatic nitrogens is 1. The molecule has 2 aliphatic heterocycles. The molecule has 3 heterocycles. The fourth-order valence-electron chi connectivity index (χ4n) is 5.47. The van der Waals surface area contributed by atoms with Crippen molar-refractivity contribution in [2.75, 3.05) is 39.5 Å². The second-order valence-corrected chi connectivity index (χ2v) is 10.7. The first kappa shape index (κ1) is 33.8. The molecule has 6 nitrogen and oxygen atoms in total. The van der Waals surface area contributed by atoms with Crippen LogP contribution in [0.4, 0.5) is 5.69 Å². The highest BCUT2D eigenvalue weighted by molar-refractivity contribution is 5.94. The van der Waals surface area contributed by atoms with Crippen LogP contribution in [0, 0.1) is 6.92 Å². The Morgan fingerprint density at radius 1 is 1.10 bits per heavy atom. The lowest BCUT2D eigenvalue weighted by Gasteiger charge is -2.37. The molecular weight excluding hydrogens is 506 g/mol. The van der Waals surface area contributed by atoms with Crippen molar-refractivity contribution in [3.63, 3.8) is 0 Å². The Kier molecular flexibility index (Phi) is 13.3. The number of pyridine rings is 1. The van der Waals surface area contributed by atoms with E-state index in [-0.39, 0.29) is 5.91 Å². The van der Waals surface area contributed by atoms with E-state index in [4.69, 9.17) is 5.73 Å². The van der Waals surface area contributed by atoms with Crippen molar-refractivity contribution in [3.05, 3.63) is 87.9 Å². The molecule has 0 spiro atoms. The largest absolute Gasteiger partial charge is 0.397 e. The van der Waals surface area contributed by atoms with Crippen LogP contribution in [0.25, 0.3) is 5.57 Å². The molecule has 2 aliphatic rings. The van der Waals surface area contributed by atoms with Gasteiger partial charge in [0.15, 0.2) is 0 Å². The Morgan fingerprint density at radius 3 is 2.32 bits per heavy atom. The van der Waals surface area contributed by atoms with Crippen LogP contribution < -0.4 is 11.1 Å². The molecule has 0 aliphatic carbocycles. The summed E-state index contributed by atoms with van der Waals surface area (Å²) in [6.07, 6.45) is 8.52. The van der Waals surface area contributed by atoms with E-state index in [1.807, 2.05) is 45.9 Å². The predicted molar refractivity (Wildman–Crippen MR) is 176 cm³/mol. The topological polar surface area (TPSA) is 74.5 Å². The van der Waals surface area contributed by atoms with Gasteiger partial charge in [0, 0.05) is 49.1 Å². The van der Waals surface area contributed by atoms with Crippen LogP contribution in [0.15, 0.2) is 65.5 Å². The van der Waals surface area contributed by atoms with Gasteiger partial charge in [0.2, 0.25) is 0 Å². The van der Waals surface area contributed by atoms with Gasteiger partial charge in [-0.2, -0.15) is 0 Å². The number of nitrogens with one attached hydrogen (secondary N) is 1. The van der Waals surface area contributed by atoms with E-state index in [1.54, 1.807) is 25.2 Å². The Bertz CT molecular complexity index is 1230. The summed E-state index contributed by atoms with van der Waals surface area (Å²) >= 11 is 0. The molecule has 1 fully saturated rings. The highest BCUT2D eigenvalue weighted by atomic mass is 16.2. The van der Waals surface area contributed by atoms with Gasteiger partial charge in [-0.1, -0.05) is 51.5 Å². The van der Waals surface area contributed by atoms with E-state index in [1.165, 1.54) is 28.0 Å². The van der Waals surface area contributed by atoms with E-state index in [2.05, 4.69) is 67.2 Å². The summed E-state index contributed by atoms with van der Waals surface area (Å²) in [5.74, 6) is 0.596. The molecule has 0 saturated carbocycles. The molecular formula is C35H53N5O. The number of nitrogens with two attached hydrogens (primary N) is 1. The fourth-order valence-corrected chi connectivity index (χ4v) is 5.47. The predicted octanol–water partition coefficient (Wildman–Crippen LogP) is 7.20. The van der Waals surface area contributed by atoms with Gasteiger partial charge in [0.25, 0.3) is 5.91 Å². The third kappa shape index (κ3) is 8.56. The zero-order chi connectivity index (χ0) is 30.7. The van der Waals surface area contributed by atoms with E-state index in [0.29, 0.717) is 17.6 Å². The Hall–Kier alpha value is -3.38. The number of likely N-dealkylation sites (tertiary alicyclic amines) is 1. The van der Waals surface area contributed by atoms with Gasteiger partial charge in [-0.25, -0.2) is 0 Å². The summed E-state index contributed by atoms with van der Waals surface area (Å²) in [7, 11) is 3.60. The Balaban J connectivity index is 0.00000141. The number of piperidine rings is 1. The normalized spacial score (nSPS) is 16.8. The van der Waals surface area contributed by atoms with Crippen LogP contribution in [0.3, 0.4) is 0 Å². The first-order chi connectivity index (χ1) is 19.7. The van der Waals surface area contributed by atoms with Gasteiger partial charge in [0.1, 0.15) is 0 Å². The number of aryl methyl sites for hydroxylation is 1. The van der Waals surface area contributed by atoms with E-state index < -0.39 is 0 Å². The zero-order valence-electron chi connectivity index (χ0n) is 27.1. The maximum atomic E-state index is 12.3. The maximum Gasteiger partial charge on any atom is 0.253 e. The van der Waals surface area contributed by atoms with E-state index in [9.17, 15) is 4.79 Å². The molecule has 1 saturated heterocycles. The SMILES string of the molecule is CC.CC.CC1=C(/C=C(\C)C(C)N2CCC(c3ccc(C(=O)N(C)C)cc3C)CC2)C(c2ccc(N)cn2)=CCN1. The third-order valence-electron chi connectivity index (χ3n) is 7.90. The molecule has 224 valence electrons. The van der Waals surface area contributed by atoms with Crippen LogP contribution in [0.5, 0.6) is 0 Å². The molecule has 41 heavy (non-hydrogen) atoms. The molecule has 0 radical (unpaired) electrons. The molecule has 1 atom stereocenters. The number of benzene rings is 1. The van der Waals surface area contributed by atoms with Crippen molar-refractivity contribution < 1.29 is 4.79 Å². The average molecular weight is 560 g/mol. The van der Waals surface area contributed by atoms with Gasteiger partial charge in [-0.15, -0.1) is 0 Å². The van der Waals surface area contributed by atoms with Crippen molar-refractivity contribution in [1.82, 2.24) is 20.1 Å². The zero-order valence-corrected chi connectivity index (χ0v) is 27.1. The quantitative estimate of drug-likeness (QED) is 0.391. The summed E-state index contributed by atoms with van der Waals surface area (Å²) in [5, 5.41) is 3.48. The van der Waals surface area contributed by atoms with Crippen LogP contribution in [0.2, 0.25) is 0 Å². The second kappa shape index (κ2) is 16.2. The van der Waals surface area contributed by atoms with Crippen molar-refractivity contribution in [1.29, 1.82) is 0 Å². The summed E-state index contributed by atoms with van der Waals surface area (Å²) in [6.45, 7) is 19.8. The number of dihydropyridines is 1. The van der Waals surface area contributed by atoms with E-state index in [0.717, 1.165) is 49.3 Å².